The van der Waals surface area contributed by atoms with E-state index >= 15 is 0 Å². The second-order valence-corrected chi connectivity index (χ2v) is 4.03. The molecule has 1 heteroatoms. The second-order valence-electron chi connectivity index (χ2n) is 4.03. The Morgan fingerprint density at radius 1 is 1.13 bits per heavy atom. The molecule has 0 radical (unpaired) electrons. The van der Waals surface area contributed by atoms with Gasteiger partial charge in [0.25, 0.3) is 0 Å². The molecule has 0 saturated carbocycles. The molecule has 1 nitrogen and oxygen atoms in total. The molecule has 1 N–H and O–H groups in total. The molecular formula is C14H12O. The van der Waals surface area contributed by atoms with Gasteiger partial charge in [0, 0.05) is 0 Å². The minimum absolute atomic E-state index is 0.110. The maximum absolute atomic E-state index is 9.29. The fourth-order valence-electron chi connectivity index (χ4n) is 2.39. The number of benzene rings is 2. The quantitative estimate of drug-likeness (QED) is 0.742. The van der Waals surface area contributed by atoms with E-state index in [4.69, 9.17) is 0 Å². The van der Waals surface area contributed by atoms with Crippen LogP contribution in [-0.2, 0) is 6.61 Å². The molecule has 0 atom stereocenters. The largest absolute Gasteiger partial charge is 0.392 e. The molecule has 0 aliphatic heterocycles. The van der Waals surface area contributed by atoms with Gasteiger partial charge in [-0.3, -0.25) is 0 Å². The predicted molar refractivity (Wildman–Crippen MR) is 63.4 cm³/mol. The predicted octanol–water partition coefficient (Wildman–Crippen LogP) is 3.21. The molecular weight excluding hydrogens is 184 g/mol. The number of aliphatic hydroxyl groups is 1. The second kappa shape index (κ2) is 2.94. The van der Waals surface area contributed by atoms with Crippen molar-refractivity contribution in [3.63, 3.8) is 0 Å². The monoisotopic (exact) mass is 196 g/mol. The normalized spacial score (nSPS) is 13.3. The first kappa shape index (κ1) is 8.69. The average Bonchev–Trinajstić information content (AvgIpc) is 2.58. The van der Waals surface area contributed by atoms with E-state index < -0.39 is 0 Å². The standard InChI is InChI=1S/C14H12O/c1-9-7-10-3-2-4-13-11(8-15)5-6-12(9)14(10)13/h2-7,15H,8H2,1H3. The van der Waals surface area contributed by atoms with Gasteiger partial charge in [-0.05, 0) is 40.0 Å². The van der Waals surface area contributed by atoms with Gasteiger partial charge in [0.15, 0.2) is 0 Å². The van der Waals surface area contributed by atoms with Crippen molar-refractivity contribution in [1.29, 1.82) is 0 Å². The first-order chi connectivity index (χ1) is 7.31. The van der Waals surface area contributed by atoms with E-state index in [9.17, 15) is 5.11 Å². The van der Waals surface area contributed by atoms with Gasteiger partial charge in [-0.15, -0.1) is 0 Å². The fraction of sp³-hybridized carbons (Fsp3) is 0.143. The third kappa shape index (κ3) is 1.07. The lowest BCUT2D eigenvalue weighted by atomic mass is 9.98. The van der Waals surface area contributed by atoms with Crippen molar-refractivity contribution in [1.82, 2.24) is 0 Å². The van der Waals surface area contributed by atoms with Crippen molar-refractivity contribution in [2.45, 2.75) is 13.5 Å². The van der Waals surface area contributed by atoms with Crippen LogP contribution >= 0.6 is 0 Å². The molecule has 2 aromatic carbocycles. The Bertz CT molecular complexity index is 579. The van der Waals surface area contributed by atoms with Gasteiger partial charge in [0.2, 0.25) is 0 Å². The summed E-state index contributed by atoms with van der Waals surface area (Å²) < 4.78 is 0. The Balaban J connectivity index is 2.50. The van der Waals surface area contributed by atoms with Crippen LogP contribution < -0.4 is 0 Å². The fourth-order valence-corrected chi connectivity index (χ4v) is 2.39. The Hall–Kier alpha value is -1.60. The van der Waals surface area contributed by atoms with Gasteiger partial charge in [-0.25, -0.2) is 0 Å². The Morgan fingerprint density at radius 3 is 2.80 bits per heavy atom. The molecule has 0 fully saturated rings. The van der Waals surface area contributed by atoms with Crippen LogP contribution in [0.3, 0.4) is 0 Å². The lowest BCUT2D eigenvalue weighted by molar-refractivity contribution is 0.283. The zero-order valence-electron chi connectivity index (χ0n) is 8.62. The van der Waals surface area contributed by atoms with Gasteiger partial charge < -0.3 is 5.11 Å². The van der Waals surface area contributed by atoms with Gasteiger partial charge >= 0.3 is 0 Å². The van der Waals surface area contributed by atoms with Crippen LogP contribution in [0.5, 0.6) is 0 Å². The van der Waals surface area contributed by atoms with Gasteiger partial charge in [0.05, 0.1) is 6.61 Å². The number of hydrogen-bond donors (Lipinski definition) is 1. The first-order valence-corrected chi connectivity index (χ1v) is 5.15. The summed E-state index contributed by atoms with van der Waals surface area (Å²) in [6, 6.07) is 10.4. The van der Waals surface area contributed by atoms with E-state index in [-0.39, 0.29) is 6.61 Å². The van der Waals surface area contributed by atoms with Crippen molar-refractivity contribution in [3.8, 4) is 0 Å². The van der Waals surface area contributed by atoms with Crippen LogP contribution in [0.25, 0.3) is 22.4 Å². The van der Waals surface area contributed by atoms with E-state index in [0.29, 0.717) is 0 Å². The highest BCUT2D eigenvalue weighted by Gasteiger charge is 2.14. The molecule has 74 valence electrons. The molecule has 0 spiro atoms. The molecule has 1 aliphatic carbocycles. The highest BCUT2D eigenvalue weighted by Crippen LogP contribution is 2.37. The van der Waals surface area contributed by atoms with Gasteiger partial charge in [-0.1, -0.05) is 36.4 Å². The number of hydrogen-bond acceptors (Lipinski definition) is 1. The highest BCUT2D eigenvalue weighted by molar-refractivity contribution is 6.09. The molecule has 0 heterocycles. The summed E-state index contributed by atoms with van der Waals surface area (Å²) in [7, 11) is 0. The molecule has 2 aromatic rings. The summed E-state index contributed by atoms with van der Waals surface area (Å²) in [5, 5.41) is 11.8. The summed E-state index contributed by atoms with van der Waals surface area (Å²) in [6.45, 7) is 2.24. The lowest BCUT2D eigenvalue weighted by Crippen LogP contribution is -1.88. The third-order valence-electron chi connectivity index (χ3n) is 3.13. The van der Waals surface area contributed by atoms with E-state index in [1.54, 1.807) is 0 Å². The molecule has 3 rings (SSSR count). The van der Waals surface area contributed by atoms with Crippen molar-refractivity contribution >= 4 is 22.4 Å². The van der Waals surface area contributed by atoms with E-state index in [0.717, 1.165) is 5.56 Å². The Kier molecular flexibility index (Phi) is 1.70. The average molecular weight is 196 g/mol. The maximum Gasteiger partial charge on any atom is 0.0687 e. The molecule has 0 unspecified atom stereocenters. The number of allylic oxidation sites excluding steroid dienone is 1. The van der Waals surface area contributed by atoms with Gasteiger partial charge in [-0.2, -0.15) is 0 Å². The van der Waals surface area contributed by atoms with Crippen molar-refractivity contribution in [2.75, 3.05) is 0 Å². The van der Waals surface area contributed by atoms with Crippen molar-refractivity contribution in [2.24, 2.45) is 0 Å². The number of rotatable bonds is 1. The lowest BCUT2D eigenvalue weighted by Gasteiger charge is -2.07. The van der Waals surface area contributed by atoms with Crippen LogP contribution in [0.4, 0.5) is 0 Å². The van der Waals surface area contributed by atoms with Crippen molar-refractivity contribution < 1.29 is 5.11 Å². The summed E-state index contributed by atoms with van der Waals surface area (Å²) in [6.07, 6.45) is 2.21. The van der Waals surface area contributed by atoms with Crippen LogP contribution in [0, 0.1) is 0 Å². The van der Waals surface area contributed by atoms with E-state index in [2.05, 4.69) is 37.3 Å². The highest BCUT2D eigenvalue weighted by atomic mass is 16.3. The zero-order valence-corrected chi connectivity index (χ0v) is 8.62. The van der Waals surface area contributed by atoms with Crippen molar-refractivity contribution in [3.05, 3.63) is 47.0 Å². The summed E-state index contributed by atoms with van der Waals surface area (Å²) >= 11 is 0. The third-order valence-corrected chi connectivity index (χ3v) is 3.13. The van der Waals surface area contributed by atoms with Crippen LogP contribution in [-0.4, -0.2) is 5.11 Å². The van der Waals surface area contributed by atoms with E-state index in [1.165, 1.54) is 27.5 Å². The zero-order chi connectivity index (χ0) is 10.4. The molecule has 15 heavy (non-hydrogen) atoms. The molecule has 1 aliphatic rings. The first-order valence-electron chi connectivity index (χ1n) is 5.15. The Morgan fingerprint density at radius 2 is 2.00 bits per heavy atom. The minimum atomic E-state index is 0.110. The van der Waals surface area contributed by atoms with Crippen LogP contribution in [0.2, 0.25) is 0 Å². The molecule has 0 bridgehead atoms. The SMILES string of the molecule is CC1=Cc2cccc3c(CO)ccc1c23. The number of aliphatic hydroxyl groups excluding tert-OH is 1. The van der Waals surface area contributed by atoms with Crippen LogP contribution in [0.15, 0.2) is 30.3 Å². The molecule has 0 amide bonds. The smallest absolute Gasteiger partial charge is 0.0687 e. The maximum atomic E-state index is 9.29. The Labute approximate surface area is 88.7 Å². The summed E-state index contributed by atoms with van der Waals surface area (Å²) in [5.74, 6) is 0. The molecule has 0 aromatic heterocycles. The van der Waals surface area contributed by atoms with E-state index in [1.807, 2.05) is 6.07 Å². The molecule has 0 saturated heterocycles. The van der Waals surface area contributed by atoms with Crippen LogP contribution in [0.1, 0.15) is 23.6 Å². The topological polar surface area (TPSA) is 20.2 Å². The minimum Gasteiger partial charge on any atom is -0.392 e. The van der Waals surface area contributed by atoms with Gasteiger partial charge in [0.1, 0.15) is 0 Å². The summed E-state index contributed by atoms with van der Waals surface area (Å²) in [4.78, 5) is 0. The summed E-state index contributed by atoms with van der Waals surface area (Å²) in [5.41, 5.74) is 4.90.